The van der Waals surface area contributed by atoms with Crippen LogP contribution in [0.2, 0.25) is 0 Å². The van der Waals surface area contributed by atoms with Crippen LogP contribution in [0.4, 0.5) is 0 Å². The number of hydrogen-bond acceptors (Lipinski definition) is 5. The lowest BCUT2D eigenvalue weighted by Crippen LogP contribution is -2.26. The second-order valence-electron chi connectivity index (χ2n) is 7.01. The number of sulfone groups is 1. The van der Waals surface area contributed by atoms with Crippen LogP contribution >= 0.6 is 0 Å². The van der Waals surface area contributed by atoms with Crippen molar-refractivity contribution < 1.29 is 13.2 Å². The first-order chi connectivity index (χ1) is 13.7. The number of aromatic nitrogens is 2. The molecule has 0 bridgehead atoms. The Morgan fingerprint density at radius 1 is 1.14 bits per heavy atom. The van der Waals surface area contributed by atoms with Gasteiger partial charge in [0, 0.05) is 19.1 Å². The quantitative estimate of drug-likeness (QED) is 0.619. The molecule has 3 aromatic rings. The number of amides is 1. The molecule has 3 rings (SSSR count). The van der Waals surface area contributed by atoms with E-state index in [1.807, 2.05) is 13.0 Å². The van der Waals surface area contributed by atoms with Gasteiger partial charge < -0.3 is 10.3 Å². The Bertz CT molecular complexity index is 1180. The Kier molecular flexibility index (Phi) is 6.12. The van der Waals surface area contributed by atoms with Crippen molar-refractivity contribution in [2.24, 2.45) is 0 Å². The molecule has 0 saturated heterocycles. The van der Waals surface area contributed by atoms with Crippen molar-refractivity contribution in [1.82, 2.24) is 15.3 Å². The molecule has 1 atom stereocenters. The van der Waals surface area contributed by atoms with Crippen molar-refractivity contribution in [3.63, 3.8) is 0 Å². The predicted octanol–water partition coefficient (Wildman–Crippen LogP) is 2.53. The van der Waals surface area contributed by atoms with E-state index in [0.29, 0.717) is 36.0 Å². The monoisotopic (exact) mass is 413 g/mol. The molecule has 0 aliphatic heterocycles. The number of aryl methyl sites for hydroxylation is 1. The topological polar surface area (TPSA) is 109 Å². The standard InChI is InChI=1S/C21H23N3O4S/c1-14(15-10-12-16(13-11-15)29(2,27)28)22-20(25)9-5-8-19-23-18-7-4-3-6-17(18)21(26)24-19/h3-4,6-7,10-14H,5,8-9H2,1-2H3,(H,22,25)(H,23,24,26). The number of benzene rings is 2. The van der Waals surface area contributed by atoms with Crippen molar-refractivity contribution >= 4 is 26.6 Å². The summed E-state index contributed by atoms with van der Waals surface area (Å²) in [5.74, 6) is 0.443. The third-order valence-electron chi connectivity index (χ3n) is 4.67. The summed E-state index contributed by atoms with van der Waals surface area (Å²) in [5.41, 5.74) is 1.29. The molecular formula is C21H23N3O4S. The smallest absolute Gasteiger partial charge is 0.258 e. The summed E-state index contributed by atoms with van der Waals surface area (Å²) in [6, 6.07) is 13.4. The van der Waals surface area contributed by atoms with Gasteiger partial charge in [-0.15, -0.1) is 0 Å². The van der Waals surface area contributed by atoms with Crippen LogP contribution in [0.3, 0.4) is 0 Å². The van der Waals surface area contributed by atoms with Crippen LogP contribution in [0.1, 0.15) is 37.2 Å². The minimum absolute atomic E-state index is 0.118. The minimum Gasteiger partial charge on any atom is -0.350 e. The first-order valence-corrected chi connectivity index (χ1v) is 11.2. The number of nitrogens with zero attached hydrogens (tertiary/aromatic N) is 1. The first-order valence-electron chi connectivity index (χ1n) is 9.31. The summed E-state index contributed by atoms with van der Waals surface area (Å²) in [6.45, 7) is 1.84. The van der Waals surface area contributed by atoms with Crippen LogP contribution in [0, 0.1) is 0 Å². The minimum atomic E-state index is -3.24. The van der Waals surface area contributed by atoms with Crippen LogP contribution in [-0.2, 0) is 21.1 Å². The highest BCUT2D eigenvalue weighted by Gasteiger charge is 2.12. The van der Waals surface area contributed by atoms with E-state index in [1.165, 1.54) is 12.1 Å². The zero-order valence-electron chi connectivity index (χ0n) is 16.3. The molecule has 0 radical (unpaired) electrons. The molecule has 7 nitrogen and oxygen atoms in total. The Hall–Kier alpha value is -3.00. The number of H-pyrrole nitrogens is 1. The van der Waals surface area contributed by atoms with Crippen LogP contribution in [0.5, 0.6) is 0 Å². The molecule has 0 aliphatic carbocycles. The summed E-state index contributed by atoms with van der Waals surface area (Å²) in [7, 11) is -3.24. The van der Waals surface area contributed by atoms with E-state index in [-0.39, 0.29) is 22.4 Å². The zero-order chi connectivity index (χ0) is 21.0. The van der Waals surface area contributed by atoms with E-state index in [9.17, 15) is 18.0 Å². The Labute approximate surface area is 169 Å². The lowest BCUT2D eigenvalue weighted by Gasteiger charge is -2.14. The summed E-state index contributed by atoms with van der Waals surface area (Å²) >= 11 is 0. The summed E-state index contributed by atoms with van der Waals surface area (Å²) in [5, 5.41) is 3.45. The third kappa shape index (κ3) is 5.29. The number of aromatic amines is 1. The lowest BCUT2D eigenvalue weighted by atomic mass is 10.1. The van der Waals surface area contributed by atoms with Gasteiger partial charge in [0.1, 0.15) is 5.82 Å². The van der Waals surface area contributed by atoms with Gasteiger partial charge in [-0.1, -0.05) is 24.3 Å². The van der Waals surface area contributed by atoms with Crippen molar-refractivity contribution in [2.45, 2.75) is 37.1 Å². The Balaban J connectivity index is 1.54. The van der Waals surface area contributed by atoms with E-state index in [0.717, 1.165) is 11.8 Å². The summed E-state index contributed by atoms with van der Waals surface area (Å²) in [4.78, 5) is 31.7. The molecule has 8 heteroatoms. The summed E-state index contributed by atoms with van der Waals surface area (Å²) in [6.07, 6.45) is 2.49. The SMILES string of the molecule is CC(NC(=O)CCCc1nc2ccccc2c(=O)[nH]1)c1ccc(S(C)(=O)=O)cc1. The van der Waals surface area contributed by atoms with Crippen molar-refractivity contribution in [3.8, 4) is 0 Å². The van der Waals surface area contributed by atoms with Gasteiger partial charge in [-0.3, -0.25) is 9.59 Å². The first kappa shape index (κ1) is 20.7. The van der Waals surface area contributed by atoms with E-state index < -0.39 is 9.84 Å². The maximum absolute atomic E-state index is 12.2. The van der Waals surface area contributed by atoms with Crippen LogP contribution in [0.15, 0.2) is 58.2 Å². The number of nitrogens with one attached hydrogen (secondary N) is 2. The number of rotatable bonds is 7. The van der Waals surface area contributed by atoms with Gasteiger partial charge in [-0.05, 0) is 43.2 Å². The third-order valence-corrected chi connectivity index (χ3v) is 5.79. The van der Waals surface area contributed by atoms with Crippen LogP contribution in [-0.4, -0.2) is 30.5 Å². The summed E-state index contributed by atoms with van der Waals surface area (Å²) < 4.78 is 23.0. The molecule has 1 amide bonds. The van der Waals surface area contributed by atoms with Gasteiger partial charge in [0.25, 0.3) is 5.56 Å². The van der Waals surface area contributed by atoms with Gasteiger partial charge in [-0.25, -0.2) is 13.4 Å². The highest BCUT2D eigenvalue weighted by atomic mass is 32.2. The molecule has 29 heavy (non-hydrogen) atoms. The van der Waals surface area contributed by atoms with Gasteiger partial charge in [0.15, 0.2) is 9.84 Å². The number of fused-ring (bicyclic) bond motifs is 1. The van der Waals surface area contributed by atoms with E-state index in [4.69, 9.17) is 0 Å². The van der Waals surface area contributed by atoms with E-state index >= 15 is 0 Å². The lowest BCUT2D eigenvalue weighted by molar-refractivity contribution is -0.121. The van der Waals surface area contributed by atoms with Crippen molar-refractivity contribution in [2.75, 3.05) is 6.26 Å². The number of carbonyl (C=O) groups is 1. The molecule has 0 saturated carbocycles. The fourth-order valence-electron chi connectivity index (χ4n) is 3.07. The largest absolute Gasteiger partial charge is 0.350 e. The molecule has 1 heterocycles. The van der Waals surface area contributed by atoms with Crippen LogP contribution in [0.25, 0.3) is 10.9 Å². The average Bonchev–Trinajstić information content (AvgIpc) is 2.67. The molecule has 0 aliphatic rings. The molecule has 2 N–H and O–H groups in total. The predicted molar refractivity (Wildman–Crippen MR) is 111 cm³/mol. The molecule has 0 spiro atoms. The van der Waals surface area contributed by atoms with E-state index in [2.05, 4.69) is 15.3 Å². The number of para-hydroxylation sites is 1. The molecule has 152 valence electrons. The number of hydrogen-bond donors (Lipinski definition) is 2. The highest BCUT2D eigenvalue weighted by Crippen LogP contribution is 2.16. The maximum Gasteiger partial charge on any atom is 0.258 e. The fraction of sp³-hybridized carbons (Fsp3) is 0.286. The molecule has 2 aromatic carbocycles. The van der Waals surface area contributed by atoms with Crippen molar-refractivity contribution in [1.29, 1.82) is 0 Å². The molecule has 0 fully saturated rings. The van der Waals surface area contributed by atoms with E-state index in [1.54, 1.807) is 30.3 Å². The van der Waals surface area contributed by atoms with Gasteiger partial charge >= 0.3 is 0 Å². The van der Waals surface area contributed by atoms with Gasteiger partial charge in [-0.2, -0.15) is 0 Å². The maximum atomic E-state index is 12.2. The Morgan fingerprint density at radius 2 is 1.83 bits per heavy atom. The van der Waals surface area contributed by atoms with Crippen LogP contribution < -0.4 is 10.9 Å². The van der Waals surface area contributed by atoms with Gasteiger partial charge in [0.2, 0.25) is 5.91 Å². The molecule has 1 aromatic heterocycles. The van der Waals surface area contributed by atoms with Crippen molar-refractivity contribution in [3.05, 3.63) is 70.3 Å². The number of carbonyl (C=O) groups excluding carboxylic acids is 1. The fourth-order valence-corrected chi connectivity index (χ4v) is 3.70. The second kappa shape index (κ2) is 8.57. The van der Waals surface area contributed by atoms with Gasteiger partial charge in [0.05, 0.1) is 21.8 Å². The zero-order valence-corrected chi connectivity index (χ0v) is 17.1. The average molecular weight is 413 g/mol. The molecule has 1 unspecified atom stereocenters. The highest BCUT2D eigenvalue weighted by molar-refractivity contribution is 7.90. The molecular weight excluding hydrogens is 390 g/mol. The second-order valence-corrected chi connectivity index (χ2v) is 9.03. The normalized spacial score (nSPS) is 12.6. The Morgan fingerprint density at radius 3 is 2.52 bits per heavy atom.